The van der Waals surface area contributed by atoms with E-state index in [0.717, 1.165) is 27.8 Å². The third-order valence-corrected chi connectivity index (χ3v) is 5.65. The Balaban J connectivity index is 1.86. The van der Waals surface area contributed by atoms with Crippen LogP contribution in [0.3, 0.4) is 0 Å². The average molecular weight is 478 g/mol. The van der Waals surface area contributed by atoms with Gasteiger partial charge in [-0.25, -0.2) is 0 Å². The highest BCUT2D eigenvalue weighted by Crippen LogP contribution is 2.37. The highest BCUT2D eigenvalue weighted by Gasteiger charge is 2.11. The molecule has 0 unspecified atom stereocenters. The Labute approximate surface area is 205 Å². The lowest BCUT2D eigenvalue weighted by molar-refractivity contribution is -0.333. The van der Waals surface area contributed by atoms with Gasteiger partial charge in [0, 0.05) is 5.56 Å². The summed E-state index contributed by atoms with van der Waals surface area (Å²) in [5.41, 5.74) is 4.98. The Hall–Kier alpha value is -3.95. The van der Waals surface area contributed by atoms with E-state index in [0.29, 0.717) is 5.56 Å². The van der Waals surface area contributed by atoms with Crippen LogP contribution in [-0.4, -0.2) is 0 Å². The summed E-state index contributed by atoms with van der Waals surface area (Å²) >= 11 is 0. The van der Waals surface area contributed by atoms with E-state index in [4.69, 9.17) is 4.52 Å². The van der Waals surface area contributed by atoms with Crippen LogP contribution in [0.15, 0.2) is 103 Å². The molecule has 0 N–H and O–H groups in total. The fraction of sp³-hybridized carbons (Fsp3) is 0. The van der Waals surface area contributed by atoms with Gasteiger partial charge in [-0.1, -0.05) is 134 Å². The molecule has 4 aromatic carbocycles. The lowest BCUT2D eigenvalue weighted by atomic mass is 9.96. The molecule has 5 heteroatoms. The number of hydrogen-bond donors (Lipinski definition) is 0. The van der Waals surface area contributed by atoms with Crippen molar-refractivity contribution in [3.63, 3.8) is 0 Å². The zero-order valence-corrected chi connectivity index (χ0v) is 19.8. The van der Waals surface area contributed by atoms with Crippen molar-refractivity contribution in [2.45, 2.75) is 0 Å². The molecule has 0 fully saturated rings. The van der Waals surface area contributed by atoms with Gasteiger partial charge in [0.15, 0.2) is 0 Å². The first-order valence-corrected chi connectivity index (χ1v) is 12.5. The second-order valence-corrected chi connectivity index (χ2v) is 8.83. The number of rotatable bonds is 8. The number of benzene rings is 4. The van der Waals surface area contributed by atoms with E-state index >= 15 is 0 Å². The smallest absolute Gasteiger partial charge is 0.132 e. The van der Waals surface area contributed by atoms with Crippen molar-refractivity contribution in [1.29, 1.82) is 0 Å². The lowest BCUT2D eigenvalue weighted by Gasteiger charge is -2.30. The lowest BCUT2D eigenvalue weighted by Crippen LogP contribution is -2.19. The van der Waals surface area contributed by atoms with Crippen LogP contribution in [0, 0.1) is 0 Å². The van der Waals surface area contributed by atoms with Gasteiger partial charge in [-0.05, 0) is 33.9 Å². The molecular formula is C30H23O4P-2. The normalized spacial score (nSPS) is 12.1. The Morgan fingerprint density at radius 3 is 1.40 bits per heavy atom. The molecule has 4 rings (SSSR count). The van der Waals surface area contributed by atoms with E-state index in [9.17, 15) is 14.4 Å². The van der Waals surface area contributed by atoms with Gasteiger partial charge in [-0.15, -0.1) is 0 Å². The van der Waals surface area contributed by atoms with E-state index in [1.165, 1.54) is 6.07 Å². The van der Waals surface area contributed by atoms with E-state index in [2.05, 4.69) is 0 Å². The third-order valence-electron chi connectivity index (χ3n) is 5.23. The van der Waals surface area contributed by atoms with Gasteiger partial charge in [0.2, 0.25) is 0 Å². The molecule has 35 heavy (non-hydrogen) atoms. The Kier molecular flexibility index (Phi) is 7.92. The van der Waals surface area contributed by atoms with Crippen molar-refractivity contribution in [1.82, 2.24) is 0 Å². The molecule has 0 atom stereocenters. The molecule has 0 aromatic heterocycles. The van der Waals surface area contributed by atoms with Gasteiger partial charge < -0.3 is 18.9 Å². The van der Waals surface area contributed by atoms with Crippen LogP contribution in [0.5, 0.6) is 5.75 Å². The Bertz CT molecular complexity index is 1390. The highest BCUT2D eigenvalue weighted by atomic mass is 31.2. The molecular weight excluding hydrogens is 455 g/mol. The number of hydrogen-bond acceptors (Lipinski definition) is 4. The first-order valence-electron chi connectivity index (χ1n) is 11.1. The first-order chi connectivity index (χ1) is 17.0. The molecule has 4 nitrogen and oxygen atoms in total. The van der Waals surface area contributed by atoms with E-state index in [1.54, 1.807) is 12.1 Å². The standard InChI is InChI=1S/C30H25O4P/c31-35(32,33)34-30-23-20-27(19-16-24-10-4-1-5-11-24)28(21-17-25-12-6-2-7-13-25)29(30)22-18-26-14-8-3-9-15-26/h1-23H,(H2,31,32,33)/p-2/b19-16+,21-17+,22-18+. The molecule has 0 saturated carbocycles. The predicted octanol–water partition coefficient (Wildman–Crippen LogP) is 6.41. The quantitative estimate of drug-likeness (QED) is 0.217. The second-order valence-electron chi connectivity index (χ2n) is 7.75. The van der Waals surface area contributed by atoms with Crippen molar-refractivity contribution < 1.29 is 18.9 Å². The van der Waals surface area contributed by atoms with Gasteiger partial charge in [-0.2, -0.15) is 0 Å². The largest absolute Gasteiger partial charge is 0.780 e. The molecule has 0 aliphatic carbocycles. The predicted molar refractivity (Wildman–Crippen MR) is 141 cm³/mol. The first kappa shape index (κ1) is 24.2. The fourth-order valence-corrected chi connectivity index (χ4v) is 3.97. The van der Waals surface area contributed by atoms with Crippen molar-refractivity contribution >= 4 is 44.3 Å². The fourth-order valence-electron chi connectivity index (χ4n) is 3.57. The molecule has 0 radical (unpaired) electrons. The van der Waals surface area contributed by atoms with Crippen molar-refractivity contribution in [3.05, 3.63) is 137 Å². The zero-order chi connectivity index (χ0) is 24.5. The summed E-state index contributed by atoms with van der Waals surface area (Å²) in [6, 6.07) is 32.5. The summed E-state index contributed by atoms with van der Waals surface area (Å²) in [5.74, 6) is -0.0184. The molecule has 0 bridgehead atoms. The summed E-state index contributed by atoms with van der Waals surface area (Å²) in [7, 11) is -5.26. The van der Waals surface area contributed by atoms with E-state index in [1.807, 2.05) is 121 Å². The minimum atomic E-state index is -5.26. The van der Waals surface area contributed by atoms with Crippen LogP contribution >= 0.6 is 7.82 Å². The molecule has 0 amide bonds. The number of phosphoric acid groups is 1. The van der Waals surface area contributed by atoms with E-state index < -0.39 is 7.82 Å². The van der Waals surface area contributed by atoms with Crippen molar-refractivity contribution in [2.75, 3.05) is 0 Å². The molecule has 174 valence electrons. The van der Waals surface area contributed by atoms with Crippen LogP contribution < -0.4 is 14.3 Å². The van der Waals surface area contributed by atoms with Crippen LogP contribution in [0.2, 0.25) is 0 Å². The summed E-state index contributed by atoms with van der Waals surface area (Å²) in [6.45, 7) is 0. The Morgan fingerprint density at radius 1 is 0.514 bits per heavy atom. The maximum Gasteiger partial charge on any atom is 0.132 e. The molecule has 0 heterocycles. The van der Waals surface area contributed by atoms with Gasteiger partial charge in [0.05, 0.1) is 0 Å². The Morgan fingerprint density at radius 2 is 0.943 bits per heavy atom. The summed E-state index contributed by atoms with van der Waals surface area (Å²) < 4.78 is 16.4. The van der Waals surface area contributed by atoms with Gasteiger partial charge >= 0.3 is 0 Å². The second kappa shape index (κ2) is 11.5. The molecule has 4 aromatic rings. The summed E-state index contributed by atoms with van der Waals surface area (Å²) in [4.78, 5) is 23.0. The van der Waals surface area contributed by atoms with Crippen molar-refractivity contribution in [3.8, 4) is 5.75 Å². The van der Waals surface area contributed by atoms with Gasteiger partial charge in [0.1, 0.15) is 13.6 Å². The minimum Gasteiger partial charge on any atom is -0.780 e. The van der Waals surface area contributed by atoms with Crippen LogP contribution in [0.1, 0.15) is 33.4 Å². The molecule has 0 saturated heterocycles. The minimum absolute atomic E-state index is 0.0184. The molecule has 0 aliphatic heterocycles. The molecule has 0 aliphatic rings. The topological polar surface area (TPSA) is 72.4 Å². The maximum absolute atomic E-state index is 11.5. The summed E-state index contributed by atoms with van der Waals surface area (Å²) in [6.07, 6.45) is 11.4. The average Bonchev–Trinajstić information content (AvgIpc) is 2.87. The van der Waals surface area contributed by atoms with Gasteiger partial charge in [0.25, 0.3) is 0 Å². The maximum atomic E-state index is 11.5. The van der Waals surface area contributed by atoms with E-state index in [-0.39, 0.29) is 5.75 Å². The highest BCUT2D eigenvalue weighted by molar-refractivity contribution is 7.43. The van der Waals surface area contributed by atoms with Crippen molar-refractivity contribution in [2.24, 2.45) is 0 Å². The monoisotopic (exact) mass is 478 g/mol. The van der Waals surface area contributed by atoms with Crippen LogP contribution in [-0.2, 0) is 4.57 Å². The third kappa shape index (κ3) is 7.26. The van der Waals surface area contributed by atoms with Gasteiger partial charge in [-0.3, -0.25) is 0 Å². The van der Waals surface area contributed by atoms with Crippen LogP contribution in [0.25, 0.3) is 36.5 Å². The SMILES string of the molecule is O=P([O-])([O-])Oc1ccc(/C=C/c2ccccc2)c(/C=C/c2ccccc2)c1/C=C/c1ccccc1. The molecule has 0 spiro atoms. The zero-order valence-electron chi connectivity index (χ0n) is 18.9. The number of phosphoric ester groups is 1. The van der Waals surface area contributed by atoms with Crippen LogP contribution in [0.4, 0.5) is 0 Å². The summed E-state index contributed by atoms with van der Waals surface area (Å²) in [5, 5.41) is 0.